The Hall–Kier alpha value is -1.88. The Balaban J connectivity index is 2.25. The molecule has 0 fully saturated rings. The van der Waals surface area contributed by atoms with Crippen molar-refractivity contribution in [3.05, 3.63) is 35.9 Å². The summed E-state index contributed by atoms with van der Waals surface area (Å²) >= 11 is 0. The first-order valence-corrected chi connectivity index (χ1v) is 6.45. The highest BCUT2D eigenvalue weighted by molar-refractivity contribution is 5.85. The molecule has 0 aliphatic carbocycles. The van der Waals surface area contributed by atoms with Gasteiger partial charge in [0.2, 0.25) is 11.8 Å². The lowest BCUT2D eigenvalue weighted by Gasteiger charge is -2.13. The van der Waals surface area contributed by atoms with E-state index in [1.165, 1.54) is 0 Å². The minimum atomic E-state index is -0.186. The van der Waals surface area contributed by atoms with Gasteiger partial charge in [0.15, 0.2) is 0 Å². The fourth-order valence-corrected chi connectivity index (χ4v) is 1.61. The zero-order chi connectivity index (χ0) is 14.1. The maximum atomic E-state index is 11.5. The number of benzene rings is 1. The van der Waals surface area contributed by atoms with Crippen molar-refractivity contribution in [2.24, 2.45) is 0 Å². The molecule has 0 bridgehead atoms. The second kappa shape index (κ2) is 8.26. The van der Waals surface area contributed by atoms with Gasteiger partial charge in [0, 0.05) is 12.6 Å². The van der Waals surface area contributed by atoms with Gasteiger partial charge in [-0.25, -0.2) is 0 Å². The van der Waals surface area contributed by atoms with Crippen LogP contribution in [0.15, 0.2) is 30.3 Å². The minimum Gasteiger partial charge on any atom is -0.355 e. The summed E-state index contributed by atoms with van der Waals surface area (Å²) in [7, 11) is 0. The Morgan fingerprint density at radius 3 is 2.32 bits per heavy atom. The Bertz CT molecular complexity index is 406. The lowest BCUT2D eigenvalue weighted by molar-refractivity contribution is -0.125. The number of carbonyl (C=O) groups is 2. The van der Waals surface area contributed by atoms with Crippen LogP contribution in [-0.4, -0.2) is 31.4 Å². The lowest BCUT2D eigenvalue weighted by Crippen LogP contribution is -2.41. The molecule has 0 aliphatic rings. The van der Waals surface area contributed by atoms with Gasteiger partial charge in [-0.05, 0) is 19.4 Å². The van der Waals surface area contributed by atoms with Crippen LogP contribution >= 0.6 is 0 Å². The molecule has 0 radical (unpaired) electrons. The van der Waals surface area contributed by atoms with Gasteiger partial charge in [0.25, 0.3) is 0 Å². The molecular formula is C14H21N3O2. The predicted octanol–water partition coefficient (Wildman–Crippen LogP) is 0.590. The fraction of sp³-hybridized carbons (Fsp3) is 0.429. The molecule has 0 saturated carbocycles. The van der Waals surface area contributed by atoms with Crippen LogP contribution in [-0.2, 0) is 9.59 Å². The molecule has 0 saturated heterocycles. The first-order valence-electron chi connectivity index (χ1n) is 6.45. The van der Waals surface area contributed by atoms with Crippen molar-refractivity contribution in [3.8, 4) is 0 Å². The average Bonchev–Trinajstić information content (AvgIpc) is 2.44. The first kappa shape index (κ1) is 15.2. The normalized spacial score (nSPS) is 11.7. The highest BCUT2D eigenvalue weighted by Crippen LogP contribution is 2.10. The maximum Gasteiger partial charge on any atom is 0.239 e. The van der Waals surface area contributed by atoms with Crippen molar-refractivity contribution >= 4 is 11.8 Å². The van der Waals surface area contributed by atoms with Crippen LogP contribution in [0, 0.1) is 0 Å². The van der Waals surface area contributed by atoms with Gasteiger partial charge in [-0.3, -0.25) is 9.59 Å². The van der Waals surface area contributed by atoms with E-state index in [1.54, 1.807) is 0 Å². The van der Waals surface area contributed by atoms with Crippen molar-refractivity contribution in [3.63, 3.8) is 0 Å². The summed E-state index contributed by atoms with van der Waals surface area (Å²) in [4.78, 5) is 22.7. The molecule has 0 aromatic heterocycles. The van der Waals surface area contributed by atoms with E-state index in [0.717, 1.165) is 5.56 Å². The van der Waals surface area contributed by atoms with Crippen molar-refractivity contribution in [2.75, 3.05) is 19.6 Å². The SMILES string of the molecule is CCNC(=O)CNC(=O)CN[C@@H](C)c1ccccc1. The molecule has 3 N–H and O–H groups in total. The quantitative estimate of drug-likeness (QED) is 0.674. The monoisotopic (exact) mass is 263 g/mol. The molecule has 0 heterocycles. The number of hydrogen-bond acceptors (Lipinski definition) is 3. The first-order chi connectivity index (χ1) is 9.13. The zero-order valence-corrected chi connectivity index (χ0v) is 11.4. The van der Waals surface area contributed by atoms with Gasteiger partial charge >= 0.3 is 0 Å². The number of hydrogen-bond donors (Lipinski definition) is 3. The molecular weight excluding hydrogens is 242 g/mol. The molecule has 2 amide bonds. The van der Waals surface area contributed by atoms with Gasteiger partial charge in [-0.15, -0.1) is 0 Å². The number of nitrogens with one attached hydrogen (secondary N) is 3. The number of amides is 2. The van der Waals surface area contributed by atoms with Gasteiger partial charge in [0.1, 0.15) is 0 Å². The van der Waals surface area contributed by atoms with Crippen LogP contribution in [0.2, 0.25) is 0 Å². The topological polar surface area (TPSA) is 70.2 Å². The van der Waals surface area contributed by atoms with Crippen LogP contribution in [0.3, 0.4) is 0 Å². The fourth-order valence-electron chi connectivity index (χ4n) is 1.61. The molecule has 19 heavy (non-hydrogen) atoms. The Morgan fingerprint density at radius 1 is 1.05 bits per heavy atom. The second-order valence-corrected chi connectivity index (χ2v) is 4.24. The van der Waals surface area contributed by atoms with Crippen LogP contribution in [0.4, 0.5) is 0 Å². The molecule has 104 valence electrons. The Labute approximate surface area is 113 Å². The van der Waals surface area contributed by atoms with E-state index in [4.69, 9.17) is 0 Å². The van der Waals surface area contributed by atoms with Gasteiger partial charge in [-0.1, -0.05) is 30.3 Å². The third kappa shape index (κ3) is 6.01. The highest BCUT2D eigenvalue weighted by Gasteiger charge is 2.08. The molecule has 5 nitrogen and oxygen atoms in total. The van der Waals surface area contributed by atoms with Crippen molar-refractivity contribution in [2.45, 2.75) is 19.9 Å². The van der Waals surface area contributed by atoms with Gasteiger partial charge in [0.05, 0.1) is 13.1 Å². The smallest absolute Gasteiger partial charge is 0.239 e. The summed E-state index contributed by atoms with van der Waals surface area (Å²) < 4.78 is 0. The van der Waals surface area contributed by atoms with Gasteiger partial charge in [-0.2, -0.15) is 0 Å². The van der Waals surface area contributed by atoms with E-state index in [1.807, 2.05) is 44.2 Å². The molecule has 1 aromatic carbocycles. The average molecular weight is 263 g/mol. The third-order valence-corrected chi connectivity index (χ3v) is 2.69. The number of rotatable bonds is 7. The summed E-state index contributed by atoms with van der Waals surface area (Å²) in [6.45, 7) is 4.61. The van der Waals surface area contributed by atoms with Crippen molar-refractivity contribution < 1.29 is 9.59 Å². The molecule has 1 rings (SSSR count). The second-order valence-electron chi connectivity index (χ2n) is 4.24. The largest absolute Gasteiger partial charge is 0.355 e. The van der Waals surface area contributed by atoms with Gasteiger partial charge < -0.3 is 16.0 Å². The minimum absolute atomic E-state index is 0.0219. The lowest BCUT2D eigenvalue weighted by atomic mass is 10.1. The summed E-state index contributed by atoms with van der Waals surface area (Å²) in [5.74, 6) is -0.360. The van der Waals surface area contributed by atoms with Crippen LogP contribution in [0.5, 0.6) is 0 Å². The molecule has 0 unspecified atom stereocenters. The Morgan fingerprint density at radius 2 is 1.68 bits per heavy atom. The van der Waals surface area contributed by atoms with E-state index in [2.05, 4.69) is 16.0 Å². The zero-order valence-electron chi connectivity index (χ0n) is 11.4. The van der Waals surface area contributed by atoms with E-state index in [0.29, 0.717) is 6.54 Å². The molecule has 1 aromatic rings. The molecule has 0 spiro atoms. The summed E-state index contributed by atoms with van der Waals surface area (Å²) in [5.41, 5.74) is 1.12. The van der Waals surface area contributed by atoms with E-state index in [9.17, 15) is 9.59 Å². The van der Waals surface area contributed by atoms with Crippen LogP contribution < -0.4 is 16.0 Å². The highest BCUT2D eigenvalue weighted by atomic mass is 16.2. The Kier molecular flexibility index (Phi) is 6.60. The summed E-state index contributed by atoms with van der Waals surface area (Å²) in [5, 5.41) is 8.29. The molecule has 1 atom stereocenters. The number of likely N-dealkylation sites (N-methyl/N-ethyl adjacent to an activating group) is 1. The van der Waals surface area contributed by atoms with Crippen LogP contribution in [0.25, 0.3) is 0 Å². The maximum absolute atomic E-state index is 11.5. The van der Waals surface area contributed by atoms with Crippen LogP contribution in [0.1, 0.15) is 25.5 Å². The molecule has 5 heteroatoms. The number of carbonyl (C=O) groups excluding carboxylic acids is 2. The summed E-state index contributed by atoms with van der Waals surface area (Å²) in [6, 6.07) is 9.98. The predicted molar refractivity (Wildman–Crippen MR) is 74.6 cm³/mol. The van der Waals surface area contributed by atoms with E-state index >= 15 is 0 Å². The van der Waals surface area contributed by atoms with Crippen molar-refractivity contribution in [1.82, 2.24) is 16.0 Å². The molecule has 0 aliphatic heterocycles. The van der Waals surface area contributed by atoms with Crippen molar-refractivity contribution in [1.29, 1.82) is 0 Å². The van der Waals surface area contributed by atoms with E-state index < -0.39 is 0 Å². The third-order valence-electron chi connectivity index (χ3n) is 2.69. The standard InChI is InChI=1S/C14H21N3O2/c1-3-15-13(18)10-17-14(19)9-16-11(2)12-7-5-4-6-8-12/h4-8,11,16H,3,9-10H2,1-2H3,(H,15,18)(H,17,19)/t11-/m0/s1. The summed E-state index contributed by atoms with van der Waals surface area (Å²) in [6.07, 6.45) is 0. The van der Waals surface area contributed by atoms with E-state index in [-0.39, 0.29) is 30.9 Å².